The smallest absolute Gasteiger partial charge is 0.338 e. The van der Waals surface area contributed by atoms with Crippen LogP contribution in [0.1, 0.15) is 24.1 Å². The summed E-state index contributed by atoms with van der Waals surface area (Å²) >= 11 is 6.39. The zero-order chi connectivity index (χ0) is 22.5. The van der Waals surface area contributed by atoms with Gasteiger partial charge in [-0.05, 0) is 54.4 Å². The van der Waals surface area contributed by atoms with E-state index in [4.69, 9.17) is 30.5 Å². The molecule has 8 nitrogen and oxygen atoms in total. The average molecular weight is 447 g/mol. The van der Waals surface area contributed by atoms with Gasteiger partial charge in [0, 0.05) is 0 Å². The van der Waals surface area contributed by atoms with Crippen LogP contribution in [0.4, 0.5) is 4.79 Å². The van der Waals surface area contributed by atoms with Crippen LogP contribution in [-0.2, 0) is 9.53 Å². The van der Waals surface area contributed by atoms with E-state index in [2.05, 4.69) is 10.6 Å². The molecule has 2 aromatic carbocycles. The molecule has 0 aliphatic carbocycles. The summed E-state index contributed by atoms with van der Waals surface area (Å²) in [6.07, 6.45) is 0. The Morgan fingerprint density at radius 2 is 1.81 bits per heavy atom. The van der Waals surface area contributed by atoms with Gasteiger partial charge in [0.05, 0.1) is 50.3 Å². The van der Waals surface area contributed by atoms with E-state index in [1.165, 1.54) is 14.2 Å². The lowest BCUT2D eigenvalue weighted by atomic mass is 9.92. The van der Waals surface area contributed by atoms with Crippen molar-refractivity contribution in [1.82, 2.24) is 10.6 Å². The molecule has 1 atom stereocenters. The van der Waals surface area contributed by atoms with E-state index in [1.807, 2.05) is 6.92 Å². The normalized spacial score (nSPS) is 15.6. The van der Waals surface area contributed by atoms with E-state index in [0.717, 1.165) is 0 Å². The Kier molecular flexibility index (Phi) is 6.91. The van der Waals surface area contributed by atoms with Gasteiger partial charge < -0.3 is 29.6 Å². The number of benzene rings is 2. The Morgan fingerprint density at radius 3 is 2.39 bits per heavy atom. The number of hydrogen-bond acceptors (Lipinski definition) is 6. The highest BCUT2D eigenvalue weighted by Crippen LogP contribution is 2.41. The van der Waals surface area contributed by atoms with Crippen molar-refractivity contribution in [3.8, 4) is 17.2 Å². The SMILES string of the molecule is CCOc1cc(C2NC(=O)NC(c3ccc(OC)cc3)=C2C(=O)OC)cc(Cl)c1OC. The first-order valence-corrected chi connectivity index (χ1v) is 9.85. The second kappa shape index (κ2) is 9.61. The van der Waals surface area contributed by atoms with Crippen molar-refractivity contribution >= 4 is 29.3 Å². The highest BCUT2D eigenvalue weighted by molar-refractivity contribution is 6.32. The minimum Gasteiger partial charge on any atom is -0.497 e. The summed E-state index contributed by atoms with van der Waals surface area (Å²) in [5, 5.41) is 5.76. The van der Waals surface area contributed by atoms with Crippen molar-refractivity contribution < 1.29 is 28.5 Å². The van der Waals surface area contributed by atoms with Crippen LogP contribution in [-0.4, -0.2) is 39.9 Å². The van der Waals surface area contributed by atoms with Gasteiger partial charge in [-0.15, -0.1) is 0 Å². The molecule has 0 saturated carbocycles. The molecule has 2 amide bonds. The van der Waals surface area contributed by atoms with E-state index < -0.39 is 18.0 Å². The number of rotatable bonds is 7. The summed E-state index contributed by atoms with van der Waals surface area (Å²) < 4.78 is 21.2. The summed E-state index contributed by atoms with van der Waals surface area (Å²) in [6.45, 7) is 2.21. The molecule has 1 heterocycles. The quantitative estimate of drug-likeness (QED) is 0.630. The largest absolute Gasteiger partial charge is 0.497 e. The highest BCUT2D eigenvalue weighted by Gasteiger charge is 2.35. The minimum atomic E-state index is -0.832. The number of hydrogen-bond donors (Lipinski definition) is 2. The predicted octanol–water partition coefficient (Wildman–Crippen LogP) is 3.69. The van der Waals surface area contributed by atoms with Gasteiger partial charge in [0.15, 0.2) is 11.5 Å². The average Bonchev–Trinajstić information content (AvgIpc) is 2.78. The van der Waals surface area contributed by atoms with Gasteiger partial charge in [-0.2, -0.15) is 0 Å². The van der Waals surface area contributed by atoms with E-state index in [-0.39, 0.29) is 10.6 Å². The van der Waals surface area contributed by atoms with Crippen LogP contribution in [0.5, 0.6) is 17.2 Å². The van der Waals surface area contributed by atoms with E-state index in [0.29, 0.717) is 40.7 Å². The number of amides is 2. The van der Waals surface area contributed by atoms with Gasteiger partial charge in [-0.3, -0.25) is 0 Å². The summed E-state index contributed by atoms with van der Waals surface area (Å²) in [7, 11) is 4.32. The van der Waals surface area contributed by atoms with E-state index in [9.17, 15) is 9.59 Å². The van der Waals surface area contributed by atoms with Crippen LogP contribution in [0, 0.1) is 0 Å². The fourth-order valence-corrected chi connectivity index (χ4v) is 3.64. The Balaban J connectivity index is 2.20. The lowest BCUT2D eigenvalue weighted by Gasteiger charge is -2.30. The Bertz CT molecular complexity index is 1020. The molecule has 2 aromatic rings. The number of halogens is 1. The third-order valence-electron chi connectivity index (χ3n) is 4.73. The van der Waals surface area contributed by atoms with Crippen LogP contribution in [0.2, 0.25) is 5.02 Å². The Hall–Kier alpha value is -3.39. The Labute approximate surface area is 185 Å². The van der Waals surface area contributed by atoms with Crippen LogP contribution in [0.25, 0.3) is 5.70 Å². The van der Waals surface area contributed by atoms with Gasteiger partial charge in [0.1, 0.15) is 5.75 Å². The van der Waals surface area contributed by atoms with E-state index >= 15 is 0 Å². The second-order valence-electron chi connectivity index (χ2n) is 6.51. The summed E-state index contributed by atoms with van der Waals surface area (Å²) in [6, 6.07) is 8.94. The molecule has 0 fully saturated rings. The number of ether oxygens (including phenoxy) is 4. The van der Waals surface area contributed by atoms with E-state index in [1.54, 1.807) is 43.5 Å². The number of esters is 1. The number of methoxy groups -OCH3 is 3. The fraction of sp³-hybridized carbons (Fsp3) is 0.273. The summed E-state index contributed by atoms with van der Waals surface area (Å²) in [5.74, 6) is 0.805. The third kappa shape index (κ3) is 4.54. The molecule has 31 heavy (non-hydrogen) atoms. The van der Waals surface area contributed by atoms with Crippen LogP contribution >= 0.6 is 11.6 Å². The van der Waals surface area contributed by atoms with Crippen molar-refractivity contribution in [3.63, 3.8) is 0 Å². The molecule has 1 aliphatic rings. The van der Waals surface area contributed by atoms with Crippen molar-refractivity contribution in [2.24, 2.45) is 0 Å². The van der Waals surface area contributed by atoms with Gasteiger partial charge in [0.2, 0.25) is 0 Å². The lowest BCUT2D eigenvalue weighted by Crippen LogP contribution is -2.45. The zero-order valence-corrected chi connectivity index (χ0v) is 18.3. The minimum absolute atomic E-state index is 0.218. The van der Waals surface area contributed by atoms with Gasteiger partial charge in [-0.1, -0.05) is 11.6 Å². The highest BCUT2D eigenvalue weighted by atomic mass is 35.5. The molecule has 164 valence electrons. The number of carbonyl (C=O) groups excluding carboxylic acids is 2. The van der Waals surface area contributed by atoms with Crippen LogP contribution < -0.4 is 24.8 Å². The molecule has 1 aliphatic heterocycles. The first-order valence-electron chi connectivity index (χ1n) is 9.48. The molecule has 2 N–H and O–H groups in total. The maximum absolute atomic E-state index is 12.8. The number of urea groups is 1. The fourth-order valence-electron chi connectivity index (χ4n) is 3.35. The molecule has 0 spiro atoms. The zero-order valence-electron chi connectivity index (χ0n) is 17.6. The van der Waals surface area contributed by atoms with Gasteiger partial charge in [-0.25, -0.2) is 9.59 Å². The van der Waals surface area contributed by atoms with Gasteiger partial charge >= 0.3 is 12.0 Å². The predicted molar refractivity (Wildman–Crippen MR) is 116 cm³/mol. The molecular weight excluding hydrogens is 424 g/mol. The molecule has 1 unspecified atom stereocenters. The summed E-state index contributed by atoms with van der Waals surface area (Å²) in [4.78, 5) is 25.3. The van der Waals surface area contributed by atoms with Crippen LogP contribution in [0.15, 0.2) is 42.0 Å². The molecule has 0 bridgehead atoms. The molecule has 9 heteroatoms. The first-order chi connectivity index (χ1) is 14.9. The van der Waals surface area contributed by atoms with Crippen molar-refractivity contribution in [2.45, 2.75) is 13.0 Å². The molecular formula is C22H23ClN2O6. The van der Waals surface area contributed by atoms with Crippen LogP contribution in [0.3, 0.4) is 0 Å². The maximum Gasteiger partial charge on any atom is 0.338 e. The first kappa shape index (κ1) is 22.3. The molecule has 0 saturated heterocycles. The van der Waals surface area contributed by atoms with Gasteiger partial charge in [0.25, 0.3) is 0 Å². The monoisotopic (exact) mass is 446 g/mol. The van der Waals surface area contributed by atoms with Crippen molar-refractivity contribution in [1.29, 1.82) is 0 Å². The standard InChI is InChI=1S/C22H23ClN2O6/c1-5-31-16-11-13(10-15(23)20(16)29-3)19-17(21(26)30-4)18(24-22(27)25-19)12-6-8-14(28-2)9-7-12/h6-11,19H,5H2,1-4H3,(H2,24,25,27). The maximum atomic E-state index is 12.8. The van der Waals surface area contributed by atoms with Crippen molar-refractivity contribution in [2.75, 3.05) is 27.9 Å². The third-order valence-corrected chi connectivity index (χ3v) is 5.01. The second-order valence-corrected chi connectivity index (χ2v) is 6.91. The number of carbonyl (C=O) groups is 2. The molecule has 0 aromatic heterocycles. The number of nitrogens with one attached hydrogen (secondary N) is 2. The topological polar surface area (TPSA) is 95.1 Å². The molecule has 0 radical (unpaired) electrons. The molecule has 3 rings (SSSR count). The lowest BCUT2D eigenvalue weighted by molar-refractivity contribution is -0.136. The van der Waals surface area contributed by atoms with Crippen molar-refractivity contribution in [3.05, 3.63) is 58.1 Å². The Morgan fingerprint density at radius 1 is 1.10 bits per heavy atom. The summed E-state index contributed by atoms with van der Waals surface area (Å²) in [5.41, 5.74) is 1.70.